The van der Waals surface area contributed by atoms with Crippen molar-refractivity contribution >= 4 is 28.1 Å². The monoisotopic (exact) mass is 382 g/mol. The highest BCUT2D eigenvalue weighted by Crippen LogP contribution is 2.23. The summed E-state index contributed by atoms with van der Waals surface area (Å²) >= 11 is 3.40. The van der Waals surface area contributed by atoms with E-state index in [1.54, 1.807) is 12.1 Å². The first-order valence-corrected chi connectivity index (χ1v) is 8.17. The van der Waals surface area contributed by atoms with Crippen molar-refractivity contribution in [2.24, 2.45) is 5.10 Å². The molecule has 0 aliphatic heterocycles. The van der Waals surface area contributed by atoms with E-state index in [1.807, 2.05) is 55.5 Å². The number of nitrogens with zero attached hydrogens (tertiary/aromatic N) is 1. The minimum absolute atomic E-state index is 0.255. The molecule has 3 aromatic rings. The molecule has 4 nitrogen and oxygen atoms in total. The number of amides is 1. The summed E-state index contributed by atoms with van der Waals surface area (Å²) in [7, 11) is 0. The molecule has 0 spiro atoms. The van der Waals surface area contributed by atoms with Crippen molar-refractivity contribution in [3.05, 3.63) is 82.0 Å². The molecule has 1 heterocycles. The molecular weight excluding hydrogens is 368 g/mol. The molecule has 24 heavy (non-hydrogen) atoms. The average Bonchev–Trinajstić information content (AvgIpc) is 3.04. The van der Waals surface area contributed by atoms with Crippen molar-refractivity contribution in [2.45, 2.75) is 6.92 Å². The summed E-state index contributed by atoms with van der Waals surface area (Å²) in [5.74, 6) is 1.06. The lowest BCUT2D eigenvalue weighted by Crippen LogP contribution is -2.17. The van der Waals surface area contributed by atoms with Crippen molar-refractivity contribution in [2.75, 3.05) is 0 Å². The normalized spacial score (nSPS) is 10.9. The van der Waals surface area contributed by atoms with E-state index in [0.29, 0.717) is 11.3 Å². The molecule has 0 radical (unpaired) electrons. The summed E-state index contributed by atoms with van der Waals surface area (Å²) < 4.78 is 6.71. The third-order valence-corrected chi connectivity index (χ3v) is 3.92. The molecule has 0 fully saturated rings. The van der Waals surface area contributed by atoms with Crippen LogP contribution in [0, 0.1) is 6.92 Å². The molecule has 5 heteroatoms. The first-order valence-electron chi connectivity index (χ1n) is 7.38. The molecule has 0 bridgehead atoms. The van der Waals surface area contributed by atoms with Crippen molar-refractivity contribution in [3.63, 3.8) is 0 Å². The molecule has 1 aromatic heterocycles. The minimum atomic E-state index is -0.255. The third-order valence-electron chi connectivity index (χ3n) is 3.39. The van der Waals surface area contributed by atoms with Crippen LogP contribution in [0.2, 0.25) is 0 Å². The molecule has 1 amide bonds. The Morgan fingerprint density at radius 2 is 1.92 bits per heavy atom. The Labute approximate surface area is 148 Å². The average molecular weight is 383 g/mol. The number of hydrogen-bond acceptors (Lipinski definition) is 3. The van der Waals surface area contributed by atoms with Gasteiger partial charge in [0.05, 0.1) is 6.21 Å². The van der Waals surface area contributed by atoms with Gasteiger partial charge in [-0.3, -0.25) is 4.79 Å². The van der Waals surface area contributed by atoms with Crippen LogP contribution in [0.25, 0.3) is 11.3 Å². The van der Waals surface area contributed by atoms with E-state index >= 15 is 0 Å². The smallest absolute Gasteiger partial charge is 0.271 e. The second kappa shape index (κ2) is 7.27. The highest BCUT2D eigenvalue weighted by atomic mass is 79.9. The summed E-state index contributed by atoms with van der Waals surface area (Å²) in [6.07, 6.45) is 1.48. The summed E-state index contributed by atoms with van der Waals surface area (Å²) in [6.45, 7) is 1.94. The predicted octanol–water partition coefficient (Wildman–Crippen LogP) is 4.78. The van der Waals surface area contributed by atoms with Gasteiger partial charge in [-0.25, -0.2) is 5.43 Å². The quantitative estimate of drug-likeness (QED) is 0.521. The number of furan rings is 1. The van der Waals surface area contributed by atoms with Crippen LogP contribution in [0.5, 0.6) is 0 Å². The van der Waals surface area contributed by atoms with Crippen molar-refractivity contribution in [1.82, 2.24) is 5.43 Å². The molecule has 0 aliphatic rings. The van der Waals surface area contributed by atoms with Gasteiger partial charge in [-0.05, 0) is 43.3 Å². The lowest BCUT2D eigenvalue weighted by Gasteiger charge is -2.00. The van der Waals surface area contributed by atoms with Crippen molar-refractivity contribution in [3.8, 4) is 11.3 Å². The Kier molecular flexibility index (Phi) is 4.91. The van der Waals surface area contributed by atoms with E-state index in [2.05, 4.69) is 26.5 Å². The molecule has 1 N–H and O–H groups in total. The largest absolute Gasteiger partial charge is 0.455 e. The van der Waals surface area contributed by atoms with Crippen LogP contribution in [0.15, 0.2) is 74.7 Å². The Morgan fingerprint density at radius 1 is 1.12 bits per heavy atom. The molecule has 0 saturated heterocycles. The van der Waals surface area contributed by atoms with E-state index < -0.39 is 0 Å². The zero-order valence-electron chi connectivity index (χ0n) is 13.0. The van der Waals surface area contributed by atoms with Gasteiger partial charge in [-0.2, -0.15) is 5.10 Å². The number of nitrogens with one attached hydrogen (secondary N) is 1. The van der Waals surface area contributed by atoms with Gasteiger partial charge in [-0.15, -0.1) is 0 Å². The van der Waals surface area contributed by atoms with Crippen LogP contribution in [0.4, 0.5) is 0 Å². The van der Waals surface area contributed by atoms with Gasteiger partial charge in [0, 0.05) is 15.6 Å². The molecule has 0 aliphatic carbocycles. The molecule has 0 unspecified atom stereocenters. The van der Waals surface area contributed by atoms with E-state index in [1.165, 1.54) is 6.21 Å². The number of benzene rings is 2. The Morgan fingerprint density at radius 3 is 2.67 bits per heavy atom. The summed E-state index contributed by atoms with van der Waals surface area (Å²) in [4.78, 5) is 12.0. The van der Waals surface area contributed by atoms with Gasteiger partial charge in [-0.1, -0.05) is 45.8 Å². The fraction of sp³-hybridized carbons (Fsp3) is 0.0526. The van der Waals surface area contributed by atoms with Gasteiger partial charge in [0.25, 0.3) is 5.91 Å². The van der Waals surface area contributed by atoms with Gasteiger partial charge in [0.1, 0.15) is 11.5 Å². The maximum absolute atomic E-state index is 12.0. The number of carbonyl (C=O) groups is 1. The zero-order valence-corrected chi connectivity index (χ0v) is 14.6. The zero-order chi connectivity index (χ0) is 16.9. The Balaban J connectivity index is 1.65. The van der Waals surface area contributed by atoms with Crippen LogP contribution in [0.3, 0.4) is 0 Å². The molecule has 2 aromatic carbocycles. The highest BCUT2D eigenvalue weighted by molar-refractivity contribution is 9.10. The SMILES string of the molecule is Cc1cccc(C(=O)N/N=C\c2ccc(-c3ccc(Br)cc3)o2)c1. The van der Waals surface area contributed by atoms with Gasteiger partial charge < -0.3 is 4.42 Å². The van der Waals surface area contributed by atoms with E-state index in [-0.39, 0.29) is 5.91 Å². The summed E-state index contributed by atoms with van der Waals surface area (Å²) in [5.41, 5.74) is 5.07. The molecule has 0 atom stereocenters. The van der Waals surface area contributed by atoms with Crippen molar-refractivity contribution < 1.29 is 9.21 Å². The Bertz CT molecular complexity index is 882. The van der Waals surface area contributed by atoms with Crippen molar-refractivity contribution in [1.29, 1.82) is 0 Å². The lowest BCUT2D eigenvalue weighted by atomic mass is 10.1. The number of hydrazone groups is 1. The minimum Gasteiger partial charge on any atom is -0.455 e. The number of rotatable bonds is 4. The molecule has 120 valence electrons. The molecule has 3 rings (SSSR count). The number of hydrogen-bond donors (Lipinski definition) is 1. The van der Waals surface area contributed by atoms with Crippen LogP contribution < -0.4 is 5.43 Å². The van der Waals surface area contributed by atoms with Crippen LogP contribution in [-0.4, -0.2) is 12.1 Å². The second-order valence-corrected chi connectivity index (χ2v) is 6.19. The van der Waals surface area contributed by atoms with Crippen LogP contribution in [-0.2, 0) is 0 Å². The standard InChI is InChI=1S/C19H15BrN2O2/c1-13-3-2-4-15(11-13)19(23)22-21-12-17-9-10-18(24-17)14-5-7-16(20)8-6-14/h2-12H,1H3,(H,22,23)/b21-12-. The predicted molar refractivity (Wildman–Crippen MR) is 98.1 cm³/mol. The van der Waals surface area contributed by atoms with Crippen LogP contribution >= 0.6 is 15.9 Å². The maximum atomic E-state index is 12.0. The second-order valence-electron chi connectivity index (χ2n) is 5.28. The van der Waals surface area contributed by atoms with Gasteiger partial charge >= 0.3 is 0 Å². The third kappa shape index (κ3) is 4.00. The fourth-order valence-corrected chi connectivity index (χ4v) is 2.46. The first-order chi connectivity index (χ1) is 11.6. The summed E-state index contributed by atoms with van der Waals surface area (Å²) in [5, 5.41) is 3.94. The lowest BCUT2D eigenvalue weighted by molar-refractivity contribution is 0.0955. The first kappa shape index (κ1) is 16.2. The van der Waals surface area contributed by atoms with E-state index in [0.717, 1.165) is 21.4 Å². The number of carbonyl (C=O) groups excluding carboxylic acids is 1. The van der Waals surface area contributed by atoms with E-state index in [4.69, 9.17) is 4.42 Å². The molecular formula is C19H15BrN2O2. The molecule has 0 saturated carbocycles. The van der Waals surface area contributed by atoms with E-state index in [9.17, 15) is 4.79 Å². The topological polar surface area (TPSA) is 54.6 Å². The highest BCUT2D eigenvalue weighted by Gasteiger charge is 2.05. The van der Waals surface area contributed by atoms with Gasteiger partial charge in [0.2, 0.25) is 0 Å². The summed E-state index contributed by atoms with van der Waals surface area (Å²) in [6, 6.07) is 18.8. The number of halogens is 1. The fourth-order valence-electron chi connectivity index (χ4n) is 2.20. The maximum Gasteiger partial charge on any atom is 0.271 e. The Hall–Kier alpha value is -2.66. The van der Waals surface area contributed by atoms with Crippen LogP contribution in [0.1, 0.15) is 21.7 Å². The number of aryl methyl sites for hydroxylation is 1. The van der Waals surface area contributed by atoms with Gasteiger partial charge in [0.15, 0.2) is 0 Å².